The summed E-state index contributed by atoms with van der Waals surface area (Å²) in [6.07, 6.45) is 4.15. The zero-order valence-electron chi connectivity index (χ0n) is 15.6. The molecule has 0 aromatic heterocycles. The molecule has 6 nitrogen and oxygen atoms in total. The van der Waals surface area contributed by atoms with E-state index in [0.29, 0.717) is 25.1 Å². The van der Waals surface area contributed by atoms with Gasteiger partial charge in [0, 0.05) is 18.7 Å². The first-order valence-electron chi connectivity index (χ1n) is 9.53. The summed E-state index contributed by atoms with van der Waals surface area (Å²) in [5.74, 6) is -0.348. The lowest BCUT2D eigenvalue weighted by Gasteiger charge is -2.33. The van der Waals surface area contributed by atoms with Gasteiger partial charge in [0.1, 0.15) is 10.9 Å². The van der Waals surface area contributed by atoms with E-state index in [1.54, 1.807) is 16.7 Å². The summed E-state index contributed by atoms with van der Waals surface area (Å²) in [6.45, 7) is 2.38. The largest absolute Gasteiger partial charge is 0.454 e. The van der Waals surface area contributed by atoms with Crippen LogP contribution in [0.15, 0.2) is 30.3 Å². The van der Waals surface area contributed by atoms with Gasteiger partial charge in [-0.3, -0.25) is 9.59 Å². The minimum atomic E-state index is -0.641. The third kappa shape index (κ3) is 4.13. The van der Waals surface area contributed by atoms with E-state index in [1.807, 2.05) is 30.3 Å². The molecule has 2 fully saturated rings. The number of hydrogen-bond donors (Lipinski definition) is 1. The third-order valence-electron chi connectivity index (χ3n) is 5.07. The zero-order valence-corrected chi connectivity index (χ0v) is 16.4. The van der Waals surface area contributed by atoms with E-state index >= 15 is 0 Å². The van der Waals surface area contributed by atoms with Crippen molar-refractivity contribution in [1.82, 2.24) is 10.2 Å². The molecule has 0 saturated carbocycles. The second-order valence-electron chi connectivity index (χ2n) is 6.91. The van der Waals surface area contributed by atoms with Crippen LogP contribution in [0.3, 0.4) is 0 Å². The van der Waals surface area contributed by atoms with Crippen LogP contribution in [-0.4, -0.2) is 47.6 Å². The highest BCUT2D eigenvalue weighted by atomic mass is 32.2. The molecule has 0 unspecified atom stereocenters. The van der Waals surface area contributed by atoms with Gasteiger partial charge >= 0.3 is 5.97 Å². The van der Waals surface area contributed by atoms with E-state index in [-0.39, 0.29) is 18.4 Å². The monoisotopic (exact) mass is 390 g/mol. The number of fused-ring (bicyclic) bond motifs is 1. The number of amides is 2. The first-order valence-corrected chi connectivity index (χ1v) is 10.5. The molecule has 27 heavy (non-hydrogen) atoms. The lowest BCUT2D eigenvalue weighted by Crippen LogP contribution is -2.47. The number of rotatable bonds is 8. The number of carbonyl (C=O) groups excluding carboxylic acids is 3. The number of nitrogens with one attached hydrogen (secondary N) is 1. The summed E-state index contributed by atoms with van der Waals surface area (Å²) in [5.41, 5.74) is 1.03. The molecule has 2 amide bonds. The maximum Gasteiger partial charge on any atom is 0.330 e. The van der Waals surface area contributed by atoms with E-state index in [1.165, 1.54) is 0 Å². The van der Waals surface area contributed by atoms with Gasteiger partial charge in [-0.05, 0) is 18.4 Å². The van der Waals surface area contributed by atoms with Gasteiger partial charge in [0.2, 0.25) is 5.91 Å². The molecule has 146 valence electrons. The average molecular weight is 391 g/mol. The van der Waals surface area contributed by atoms with Gasteiger partial charge < -0.3 is 15.0 Å². The van der Waals surface area contributed by atoms with E-state index in [2.05, 4.69) is 12.2 Å². The second-order valence-corrected chi connectivity index (χ2v) is 8.20. The van der Waals surface area contributed by atoms with Gasteiger partial charge in [-0.25, -0.2) is 4.79 Å². The Bertz CT molecular complexity index is 696. The number of hydrogen-bond acceptors (Lipinski definition) is 5. The fourth-order valence-corrected chi connectivity index (χ4v) is 5.34. The first kappa shape index (κ1) is 19.7. The summed E-state index contributed by atoms with van der Waals surface area (Å²) in [6, 6.07) is 9.18. The number of benzene rings is 1. The Morgan fingerprint density at radius 1 is 1.30 bits per heavy atom. The van der Waals surface area contributed by atoms with Crippen molar-refractivity contribution in [2.24, 2.45) is 0 Å². The highest BCUT2D eigenvalue weighted by molar-refractivity contribution is 8.00. The quantitative estimate of drug-likeness (QED) is 0.545. The minimum absolute atomic E-state index is 0.0326. The zero-order chi connectivity index (χ0) is 19.3. The highest BCUT2D eigenvalue weighted by Crippen LogP contribution is 2.54. The van der Waals surface area contributed by atoms with Gasteiger partial charge in [0.15, 0.2) is 6.61 Å². The molecule has 0 bridgehead atoms. The minimum Gasteiger partial charge on any atom is -0.454 e. The summed E-state index contributed by atoms with van der Waals surface area (Å²) in [4.78, 5) is 38.1. The predicted octanol–water partition coefficient (Wildman–Crippen LogP) is 2.43. The van der Waals surface area contributed by atoms with Gasteiger partial charge in [0.05, 0.1) is 0 Å². The van der Waals surface area contributed by atoms with Crippen LogP contribution >= 0.6 is 11.8 Å². The third-order valence-corrected chi connectivity index (χ3v) is 6.67. The molecule has 1 aromatic rings. The normalized spacial score (nSPS) is 24.0. The van der Waals surface area contributed by atoms with E-state index in [9.17, 15) is 14.4 Å². The molecule has 2 aliphatic rings. The van der Waals surface area contributed by atoms with Crippen LogP contribution in [0.2, 0.25) is 0 Å². The molecule has 2 atom stereocenters. The summed E-state index contributed by atoms with van der Waals surface area (Å²) >= 11 is 1.61. The molecule has 2 aliphatic heterocycles. The lowest BCUT2D eigenvalue weighted by molar-refractivity contribution is -0.156. The van der Waals surface area contributed by atoms with Gasteiger partial charge in [-0.1, -0.05) is 50.1 Å². The predicted molar refractivity (Wildman–Crippen MR) is 104 cm³/mol. The molecular weight excluding hydrogens is 364 g/mol. The van der Waals surface area contributed by atoms with E-state index in [0.717, 1.165) is 24.8 Å². The highest BCUT2D eigenvalue weighted by Gasteiger charge is 2.57. The fraction of sp³-hybridized carbons (Fsp3) is 0.550. The molecule has 3 rings (SSSR count). The van der Waals surface area contributed by atoms with Crippen molar-refractivity contribution >= 4 is 29.5 Å². The number of unbranched alkanes of at least 4 members (excludes halogenated alkanes) is 2. The van der Waals surface area contributed by atoms with Gasteiger partial charge in [-0.2, -0.15) is 0 Å². The van der Waals surface area contributed by atoms with Crippen LogP contribution in [0.4, 0.5) is 0 Å². The molecule has 0 spiro atoms. The first-order chi connectivity index (χ1) is 13.1. The Morgan fingerprint density at radius 3 is 2.81 bits per heavy atom. The number of thioether (sulfide) groups is 1. The van der Waals surface area contributed by atoms with Gasteiger partial charge in [0.25, 0.3) is 5.91 Å². The number of carbonyl (C=O) groups is 3. The topological polar surface area (TPSA) is 75.7 Å². The maximum atomic E-state index is 12.6. The Morgan fingerprint density at radius 2 is 2.07 bits per heavy atom. The molecule has 2 heterocycles. The summed E-state index contributed by atoms with van der Waals surface area (Å²) < 4.78 is 5.22. The van der Waals surface area contributed by atoms with Crippen LogP contribution in [0, 0.1) is 0 Å². The molecular formula is C20H26N2O4S. The smallest absolute Gasteiger partial charge is 0.330 e. The van der Waals surface area contributed by atoms with Gasteiger partial charge in [-0.15, -0.1) is 11.8 Å². The second kappa shape index (κ2) is 8.78. The van der Waals surface area contributed by atoms with Crippen molar-refractivity contribution in [2.45, 2.75) is 49.9 Å². The number of ether oxygens (including phenoxy) is 1. The molecule has 0 radical (unpaired) electrons. The van der Waals surface area contributed by atoms with Crippen LogP contribution in [0.5, 0.6) is 0 Å². The summed E-state index contributed by atoms with van der Waals surface area (Å²) in [7, 11) is 0. The maximum absolute atomic E-state index is 12.6. The Kier molecular flexibility index (Phi) is 6.42. The SMILES string of the molecule is CCCCCNC(=O)COC(=O)[C@H]1CS[C@@]2(c3ccccc3)CCC(=O)N12. The Labute approximate surface area is 164 Å². The van der Waals surface area contributed by atoms with Crippen LogP contribution in [-0.2, 0) is 24.0 Å². The van der Waals surface area contributed by atoms with Crippen molar-refractivity contribution < 1.29 is 19.1 Å². The van der Waals surface area contributed by atoms with Crippen LogP contribution in [0.1, 0.15) is 44.6 Å². The fourth-order valence-electron chi connectivity index (χ4n) is 3.70. The lowest BCUT2D eigenvalue weighted by atomic mass is 10.0. The average Bonchev–Trinajstić information content (AvgIpc) is 3.23. The van der Waals surface area contributed by atoms with Crippen molar-refractivity contribution in [2.75, 3.05) is 18.9 Å². The standard InChI is InChI=1S/C20H26N2O4S/c1-2-3-7-12-21-17(23)13-26-19(25)16-14-27-20(11-10-18(24)22(16)20)15-8-5-4-6-9-15/h4-6,8-9,16H,2-3,7,10-14H2,1H3,(H,21,23)/t16-,20-/m1/s1. The molecule has 2 saturated heterocycles. The molecule has 7 heteroatoms. The molecule has 1 N–H and O–H groups in total. The number of nitrogens with zero attached hydrogens (tertiary/aromatic N) is 1. The van der Waals surface area contributed by atoms with Crippen molar-refractivity contribution in [3.8, 4) is 0 Å². The van der Waals surface area contributed by atoms with Crippen molar-refractivity contribution in [3.05, 3.63) is 35.9 Å². The Hall–Kier alpha value is -2.02. The number of esters is 1. The van der Waals surface area contributed by atoms with Crippen LogP contribution in [0.25, 0.3) is 0 Å². The van der Waals surface area contributed by atoms with E-state index < -0.39 is 16.9 Å². The molecule has 0 aliphatic carbocycles. The Balaban J connectivity index is 1.60. The molecule has 1 aromatic carbocycles. The van der Waals surface area contributed by atoms with Crippen molar-refractivity contribution in [3.63, 3.8) is 0 Å². The summed E-state index contributed by atoms with van der Waals surface area (Å²) in [5, 5.41) is 2.75. The van der Waals surface area contributed by atoms with Crippen LogP contribution < -0.4 is 5.32 Å². The van der Waals surface area contributed by atoms with E-state index in [4.69, 9.17) is 4.74 Å². The van der Waals surface area contributed by atoms with Crippen molar-refractivity contribution in [1.29, 1.82) is 0 Å².